The first-order valence-corrected chi connectivity index (χ1v) is 7.72. The molecule has 0 bridgehead atoms. The summed E-state index contributed by atoms with van der Waals surface area (Å²) in [7, 11) is 0. The zero-order valence-corrected chi connectivity index (χ0v) is 12.8. The van der Waals surface area contributed by atoms with Crippen LogP contribution in [0.1, 0.15) is 30.4 Å². The summed E-state index contributed by atoms with van der Waals surface area (Å²) in [5.41, 5.74) is 2.41. The Kier molecular flexibility index (Phi) is 7.01. The molecule has 0 aromatic heterocycles. The SMILES string of the molecule is N#CCCCCNCc1ccc(OCc2ccccc2)cc1. The first kappa shape index (κ1) is 16.1. The van der Waals surface area contributed by atoms with Gasteiger partial charge in [0.2, 0.25) is 0 Å². The van der Waals surface area contributed by atoms with Crippen molar-refractivity contribution in [1.29, 1.82) is 5.26 Å². The Morgan fingerprint density at radius 2 is 1.68 bits per heavy atom. The summed E-state index contributed by atoms with van der Waals surface area (Å²) >= 11 is 0. The summed E-state index contributed by atoms with van der Waals surface area (Å²) in [6.45, 7) is 2.40. The van der Waals surface area contributed by atoms with Gasteiger partial charge >= 0.3 is 0 Å². The topological polar surface area (TPSA) is 45.0 Å². The molecular weight excluding hydrogens is 272 g/mol. The zero-order chi connectivity index (χ0) is 15.5. The molecule has 0 fully saturated rings. The van der Waals surface area contributed by atoms with Crippen molar-refractivity contribution >= 4 is 0 Å². The predicted molar refractivity (Wildman–Crippen MR) is 88.4 cm³/mol. The highest BCUT2D eigenvalue weighted by Crippen LogP contribution is 2.14. The molecule has 0 spiro atoms. The van der Waals surface area contributed by atoms with E-state index in [0.29, 0.717) is 13.0 Å². The second-order valence-electron chi connectivity index (χ2n) is 5.21. The molecule has 0 aliphatic rings. The van der Waals surface area contributed by atoms with E-state index < -0.39 is 0 Å². The van der Waals surface area contributed by atoms with Crippen LogP contribution in [0.25, 0.3) is 0 Å². The lowest BCUT2D eigenvalue weighted by atomic mass is 10.2. The van der Waals surface area contributed by atoms with Gasteiger partial charge in [0.05, 0.1) is 6.07 Å². The Balaban J connectivity index is 1.68. The summed E-state index contributed by atoms with van der Waals surface area (Å²) in [5, 5.41) is 11.8. The zero-order valence-electron chi connectivity index (χ0n) is 12.8. The van der Waals surface area contributed by atoms with Crippen LogP contribution in [0, 0.1) is 11.3 Å². The number of rotatable bonds is 9. The van der Waals surface area contributed by atoms with Gasteiger partial charge in [-0.05, 0) is 42.6 Å². The van der Waals surface area contributed by atoms with Crippen LogP contribution in [-0.4, -0.2) is 6.54 Å². The highest BCUT2D eigenvalue weighted by molar-refractivity contribution is 5.27. The van der Waals surface area contributed by atoms with Crippen LogP contribution >= 0.6 is 0 Å². The van der Waals surface area contributed by atoms with Crippen LogP contribution in [0.5, 0.6) is 5.75 Å². The molecule has 0 aliphatic carbocycles. The Labute approximate surface area is 132 Å². The van der Waals surface area contributed by atoms with Gasteiger partial charge in [-0.2, -0.15) is 5.26 Å². The van der Waals surface area contributed by atoms with Crippen molar-refractivity contribution in [3.05, 3.63) is 65.7 Å². The lowest BCUT2D eigenvalue weighted by Gasteiger charge is -2.08. The van der Waals surface area contributed by atoms with Crippen LogP contribution < -0.4 is 10.1 Å². The van der Waals surface area contributed by atoms with Crippen LogP contribution in [0.4, 0.5) is 0 Å². The number of unbranched alkanes of at least 4 members (excludes halogenated alkanes) is 2. The number of nitrogens with zero attached hydrogens (tertiary/aromatic N) is 1. The molecule has 0 aliphatic heterocycles. The average molecular weight is 294 g/mol. The van der Waals surface area contributed by atoms with Crippen LogP contribution in [0.2, 0.25) is 0 Å². The predicted octanol–water partition coefficient (Wildman–Crippen LogP) is 4.05. The van der Waals surface area contributed by atoms with Gasteiger partial charge in [-0.25, -0.2) is 0 Å². The first-order chi connectivity index (χ1) is 10.9. The van der Waals surface area contributed by atoms with E-state index in [1.54, 1.807) is 0 Å². The van der Waals surface area contributed by atoms with E-state index in [-0.39, 0.29) is 0 Å². The molecule has 0 saturated heterocycles. The van der Waals surface area contributed by atoms with E-state index in [9.17, 15) is 0 Å². The molecule has 114 valence electrons. The van der Waals surface area contributed by atoms with Crippen molar-refractivity contribution in [3.63, 3.8) is 0 Å². The number of hydrogen-bond acceptors (Lipinski definition) is 3. The maximum Gasteiger partial charge on any atom is 0.119 e. The molecule has 0 amide bonds. The number of nitriles is 1. The van der Waals surface area contributed by atoms with Crippen LogP contribution in [-0.2, 0) is 13.2 Å². The van der Waals surface area contributed by atoms with Gasteiger partial charge < -0.3 is 10.1 Å². The van der Waals surface area contributed by atoms with E-state index >= 15 is 0 Å². The quantitative estimate of drug-likeness (QED) is 0.710. The fourth-order valence-electron chi connectivity index (χ4n) is 2.13. The summed E-state index contributed by atoms with van der Waals surface area (Å²) in [6.07, 6.45) is 2.66. The van der Waals surface area contributed by atoms with Crippen molar-refractivity contribution < 1.29 is 4.74 Å². The minimum Gasteiger partial charge on any atom is -0.489 e. The third-order valence-electron chi connectivity index (χ3n) is 3.39. The normalized spacial score (nSPS) is 10.1. The van der Waals surface area contributed by atoms with E-state index in [1.807, 2.05) is 30.3 Å². The molecule has 2 aromatic rings. The Morgan fingerprint density at radius 1 is 0.909 bits per heavy atom. The highest BCUT2D eigenvalue weighted by atomic mass is 16.5. The van der Waals surface area contributed by atoms with Gasteiger partial charge in [-0.3, -0.25) is 0 Å². The molecule has 0 saturated carbocycles. The minimum atomic E-state index is 0.595. The number of nitrogens with one attached hydrogen (secondary N) is 1. The Morgan fingerprint density at radius 3 is 2.41 bits per heavy atom. The fraction of sp³-hybridized carbons (Fsp3) is 0.316. The smallest absolute Gasteiger partial charge is 0.119 e. The van der Waals surface area contributed by atoms with Gasteiger partial charge in [0, 0.05) is 13.0 Å². The van der Waals surface area contributed by atoms with Crippen LogP contribution in [0.15, 0.2) is 54.6 Å². The van der Waals surface area contributed by atoms with Crippen molar-refractivity contribution in [3.8, 4) is 11.8 Å². The summed E-state index contributed by atoms with van der Waals surface area (Å²) in [6, 6.07) is 20.5. The van der Waals surface area contributed by atoms with Crippen molar-refractivity contribution in [2.24, 2.45) is 0 Å². The standard InChI is InChI=1S/C19H22N2O/c20-13-5-2-6-14-21-15-17-9-11-19(12-10-17)22-16-18-7-3-1-4-8-18/h1,3-4,7-12,21H,2,5-6,14-16H2. The molecule has 22 heavy (non-hydrogen) atoms. The van der Waals surface area contributed by atoms with Gasteiger partial charge in [0.15, 0.2) is 0 Å². The summed E-state index contributed by atoms with van der Waals surface area (Å²) in [5.74, 6) is 0.890. The fourth-order valence-corrected chi connectivity index (χ4v) is 2.13. The number of ether oxygens (including phenoxy) is 1. The van der Waals surface area contributed by atoms with Gasteiger partial charge in [0.1, 0.15) is 12.4 Å². The van der Waals surface area contributed by atoms with Crippen molar-refractivity contribution in [1.82, 2.24) is 5.32 Å². The molecular formula is C19H22N2O. The van der Waals surface area contributed by atoms with E-state index in [2.05, 4.69) is 35.7 Å². The maximum atomic E-state index is 8.46. The highest BCUT2D eigenvalue weighted by Gasteiger charge is 1.97. The van der Waals surface area contributed by atoms with Crippen molar-refractivity contribution in [2.75, 3.05) is 6.54 Å². The van der Waals surface area contributed by atoms with E-state index in [4.69, 9.17) is 10.00 Å². The molecule has 0 atom stereocenters. The number of hydrogen-bond donors (Lipinski definition) is 1. The molecule has 3 nitrogen and oxygen atoms in total. The van der Waals surface area contributed by atoms with Crippen molar-refractivity contribution in [2.45, 2.75) is 32.4 Å². The molecule has 3 heteroatoms. The molecule has 0 heterocycles. The largest absolute Gasteiger partial charge is 0.489 e. The van der Waals surface area contributed by atoms with Crippen LogP contribution in [0.3, 0.4) is 0 Å². The van der Waals surface area contributed by atoms with Gasteiger partial charge in [-0.1, -0.05) is 42.5 Å². The average Bonchev–Trinajstić information content (AvgIpc) is 2.58. The second-order valence-corrected chi connectivity index (χ2v) is 5.21. The lowest BCUT2D eigenvalue weighted by molar-refractivity contribution is 0.306. The molecule has 0 unspecified atom stereocenters. The summed E-state index contributed by atoms with van der Waals surface area (Å²) in [4.78, 5) is 0. The molecule has 2 rings (SSSR count). The third-order valence-corrected chi connectivity index (χ3v) is 3.39. The minimum absolute atomic E-state index is 0.595. The Hall–Kier alpha value is -2.31. The third kappa shape index (κ3) is 5.99. The Bertz CT molecular complexity index is 573. The molecule has 0 radical (unpaired) electrons. The van der Waals surface area contributed by atoms with Gasteiger partial charge in [-0.15, -0.1) is 0 Å². The van der Waals surface area contributed by atoms with E-state index in [0.717, 1.165) is 31.7 Å². The monoisotopic (exact) mass is 294 g/mol. The molecule has 1 N–H and O–H groups in total. The number of benzene rings is 2. The maximum absolute atomic E-state index is 8.46. The van der Waals surface area contributed by atoms with Gasteiger partial charge in [0.25, 0.3) is 0 Å². The van der Waals surface area contributed by atoms with E-state index in [1.165, 1.54) is 11.1 Å². The summed E-state index contributed by atoms with van der Waals surface area (Å²) < 4.78 is 5.77. The molecule has 2 aromatic carbocycles. The lowest BCUT2D eigenvalue weighted by Crippen LogP contribution is -2.14. The first-order valence-electron chi connectivity index (χ1n) is 7.72. The second kappa shape index (κ2) is 9.59.